The van der Waals surface area contributed by atoms with E-state index in [9.17, 15) is 22.0 Å². The van der Waals surface area contributed by atoms with Crippen LogP contribution in [0.3, 0.4) is 0 Å². The van der Waals surface area contributed by atoms with Crippen LogP contribution in [0.25, 0.3) is 0 Å². The van der Waals surface area contributed by atoms with Crippen LogP contribution in [-0.4, -0.2) is 26.0 Å². The third-order valence-corrected chi connectivity index (χ3v) is 3.37. The number of sulfonamides is 1. The molecule has 0 saturated carbocycles. The second-order valence-corrected chi connectivity index (χ2v) is 4.95. The molecule has 0 atom stereocenters. The summed E-state index contributed by atoms with van der Waals surface area (Å²) in [6, 6.07) is 0.955. The lowest BCUT2D eigenvalue weighted by Crippen LogP contribution is -2.25. The molecule has 0 amide bonds. The number of hydrogen-bond donors (Lipinski definition) is 2. The summed E-state index contributed by atoms with van der Waals surface area (Å²) >= 11 is 0. The number of benzene rings is 1. The lowest BCUT2D eigenvalue weighted by atomic mass is 10.2. The third-order valence-electron chi connectivity index (χ3n) is 1.95. The number of carbonyl (C=O) groups is 1. The van der Waals surface area contributed by atoms with Gasteiger partial charge in [-0.15, -0.1) is 6.58 Å². The molecule has 98 valence electrons. The van der Waals surface area contributed by atoms with Crippen molar-refractivity contribution in [2.24, 2.45) is 0 Å². The SMILES string of the molecule is C=CCNS(=O)(=O)c1cc(C(=O)O)cc(F)c1F. The van der Waals surface area contributed by atoms with Gasteiger partial charge in [0.25, 0.3) is 0 Å². The Bertz CT molecular complexity index is 598. The molecule has 0 bridgehead atoms. The number of hydrogen-bond acceptors (Lipinski definition) is 3. The molecule has 5 nitrogen and oxygen atoms in total. The minimum Gasteiger partial charge on any atom is -0.478 e. The highest BCUT2D eigenvalue weighted by Crippen LogP contribution is 2.19. The second-order valence-electron chi connectivity index (χ2n) is 3.22. The summed E-state index contributed by atoms with van der Waals surface area (Å²) in [4.78, 5) is 9.58. The van der Waals surface area contributed by atoms with Crippen LogP contribution in [0.2, 0.25) is 0 Å². The second kappa shape index (κ2) is 5.23. The summed E-state index contributed by atoms with van der Waals surface area (Å²) in [6.07, 6.45) is 1.20. The van der Waals surface area contributed by atoms with Crippen LogP contribution in [-0.2, 0) is 10.0 Å². The average molecular weight is 277 g/mol. The van der Waals surface area contributed by atoms with Gasteiger partial charge in [0.15, 0.2) is 11.6 Å². The van der Waals surface area contributed by atoms with Crippen molar-refractivity contribution in [2.45, 2.75) is 4.90 Å². The van der Waals surface area contributed by atoms with Crippen LogP contribution in [0.15, 0.2) is 29.7 Å². The fourth-order valence-corrected chi connectivity index (χ4v) is 2.24. The Labute approximate surface area is 102 Å². The third kappa shape index (κ3) is 2.90. The summed E-state index contributed by atoms with van der Waals surface area (Å²) in [6.45, 7) is 3.06. The largest absolute Gasteiger partial charge is 0.478 e. The quantitative estimate of drug-likeness (QED) is 0.790. The van der Waals surface area contributed by atoms with Crippen LogP contribution in [0.1, 0.15) is 10.4 Å². The number of carboxylic acids is 1. The van der Waals surface area contributed by atoms with Crippen molar-refractivity contribution in [3.63, 3.8) is 0 Å². The molecule has 0 aliphatic rings. The molecule has 0 aliphatic heterocycles. The summed E-state index contributed by atoms with van der Waals surface area (Å²) in [7, 11) is -4.33. The van der Waals surface area contributed by atoms with Gasteiger partial charge < -0.3 is 5.11 Å². The fourth-order valence-electron chi connectivity index (χ4n) is 1.13. The molecule has 0 aliphatic carbocycles. The van der Waals surface area contributed by atoms with E-state index in [4.69, 9.17) is 5.11 Å². The summed E-state index contributed by atoms with van der Waals surface area (Å²) in [5.74, 6) is -4.74. The Hall–Kier alpha value is -1.80. The monoisotopic (exact) mass is 277 g/mol. The Morgan fingerprint density at radius 3 is 2.56 bits per heavy atom. The van der Waals surface area contributed by atoms with Crippen LogP contribution in [0.4, 0.5) is 8.78 Å². The Morgan fingerprint density at radius 2 is 2.06 bits per heavy atom. The van der Waals surface area contributed by atoms with E-state index in [0.29, 0.717) is 12.1 Å². The molecule has 2 N–H and O–H groups in total. The molecule has 1 rings (SSSR count). The molecule has 1 aromatic carbocycles. The van der Waals surface area contributed by atoms with Gasteiger partial charge >= 0.3 is 5.97 Å². The highest BCUT2D eigenvalue weighted by molar-refractivity contribution is 7.89. The van der Waals surface area contributed by atoms with E-state index in [-0.39, 0.29) is 6.54 Å². The van der Waals surface area contributed by atoms with Gasteiger partial charge in [-0.25, -0.2) is 26.7 Å². The van der Waals surface area contributed by atoms with Gasteiger partial charge in [-0.1, -0.05) is 6.08 Å². The van der Waals surface area contributed by atoms with Crippen molar-refractivity contribution in [3.8, 4) is 0 Å². The molecular weight excluding hydrogens is 268 g/mol. The van der Waals surface area contributed by atoms with Gasteiger partial charge in [0, 0.05) is 6.54 Å². The molecule has 8 heteroatoms. The van der Waals surface area contributed by atoms with E-state index in [1.807, 2.05) is 4.72 Å². The molecule has 0 spiro atoms. The first-order chi connectivity index (χ1) is 8.29. The first kappa shape index (κ1) is 14.3. The smallest absolute Gasteiger partial charge is 0.335 e. The lowest BCUT2D eigenvalue weighted by Gasteiger charge is -2.07. The molecule has 0 saturated heterocycles. The zero-order valence-corrected chi connectivity index (χ0v) is 9.80. The Morgan fingerprint density at radius 1 is 1.44 bits per heavy atom. The normalized spacial score (nSPS) is 11.2. The maximum absolute atomic E-state index is 13.4. The van der Waals surface area contributed by atoms with Crippen molar-refractivity contribution in [1.29, 1.82) is 0 Å². The van der Waals surface area contributed by atoms with Gasteiger partial charge in [0.05, 0.1) is 5.56 Å². The first-order valence-corrected chi connectivity index (χ1v) is 6.11. The average Bonchev–Trinajstić information content (AvgIpc) is 2.29. The standard InChI is InChI=1S/C10H9F2NO4S/c1-2-3-13-18(16,17)8-5-6(10(14)15)4-7(11)9(8)12/h2,4-5,13H,1,3H2,(H,14,15). The lowest BCUT2D eigenvalue weighted by molar-refractivity contribution is 0.0696. The first-order valence-electron chi connectivity index (χ1n) is 4.62. The van der Waals surface area contributed by atoms with Crippen LogP contribution < -0.4 is 4.72 Å². The number of halogens is 2. The number of carboxylic acid groups (broad SMARTS) is 1. The van der Waals surface area contributed by atoms with Crippen LogP contribution in [0, 0.1) is 11.6 Å². The topological polar surface area (TPSA) is 83.5 Å². The molecule has 0 heterocycles. The maximum Gasteiger partial charge on any atom is 0.335 e. The summed E-state index contributed by atoms with van der Waals surface area (Å²) in [5, 5.41) is 8.65. The van der Waals surface area contributed by atoms with Crippen molar-refractivity contribution in [1.82, 2.24) is 4.72 Å². The van der Waals surface area contributed by atoms with Crippen LogP contribution in [0.5, 0.6) is 0 Å². The molecule has 18 heavy (non-hydrogen) atoms. The summed E-state index contributed by atoms with van der Waals surface area (Å²) in [5.41, 5.74) is -0.659. The molecule has 0 unspecified atom stereocenters. The number of aromatic carboxylic acids is 1. The minimum atomic E-state index is -4.33. The minimum absolute atomic E-state index is 0.194. The van der Waals surface area contributed by atoms with E-state index in [0.717, 1.165) is 0 Å². The van der Waals surface area contributed by atoms with E-state index in [1.165, 1.54) is 6.08 Å². The highest BCUT2D eigenvalue weighted by Gasteiger charge is 2.23. The van der Waals surface area contributed by atoms with Gasteiger partial charge in [-0.05, 0) is 12.1 Å². The molecule has 0 radical (unpaired) electrons. The molecule has 0 aromatic heterocycles. The van der Waals surface area contributed by atoms with E-state index in [2.05, 4.69) is 6.58 Å². The van der Waals surface area contributed by atoms with Crippen molar-refractivity contribution >= 4 is 16.0 Å². The molecule has 1 aromatic rings. The predicted octanol–water partition coefficient (Wildman–Crippen LogP) is 1.13. The van der Waals surface area contributed by atoms with Crippen molar-refractivity contribution in [3.05, 3.63) is 42.0 Å². The Balaban J connectivity index is 3.39. The highest BCUT2D eigenvalue weighted by atomic mass is 32.2. The number of rotatable bonds is 5. The zero-order valence-electron chi connectivity index (χ0n) is 8.98. The zero-order chi connectivity index (χ0) is 13.9. The van der Waals surface area contributed by atoms with E-state index >= 15 is 0 Å². The fraction of sp³-hybridized carbons (Fsp3) is 0.100. The van der Waals surface area contributed by atoms with E-state index in [1.54, 1.807) is 0 Å². The summed E-state index contributed by atoms with van der Waals surface area (Å²) < 4.78 is 51.5. The predicted molar refractivity (Wildman–Crippen MR) is 58.7 cm³/mol. The van der Waals surface area contributed by atoms with Crippen LogP contribution >= 0.6 is 0 Å². The number of nitrogens with one attached hydrogen (secondary N) is 1. The van der Waals surface area contributed by atoms with Gasteiger partial charge in [0.1, 0.15) is 4.90 Å². The van der Waals surface area contributed by atoms with E-state index < -0.39 is 38.1 Å². The van der Waals surface area contributed by atoms with Gasteiger partial charge in [0.2, 0.25) is 10.0 Å². The molecule has 0 fully saturated rings. The molecular formula is C10H9F2NO4S. The van der Waals surface area contributed by atoms with Crippen molar-refractivity contribution < 1.29 is 27.1 Å². The Kier molecular flexibility index (Phi) is 4.15. The van der Waals surface area contributed by atoms with Crippen molar-refractivity contribution in [2.75, 3.05) is 6.54 Å². The van der Waals surface area contributed by atoms with Gasteiger partial charge in [-0.3, -0.25) is 0 Å². The maximum atomic E-state index is 13.4. The van der Waals surface area contributed by atoms with Gasteiger partial charge in [-0.2, -0.15) is 0 Å².